The third-order valence-corrected chi connectivity index (χ3v) is 8.80. The molecule has 3 rings (SSSR count). The second-order valence-electron chi connectivity index (χ2n) is 3.68. The number of hydrogen-bond acceptors (Lipinski definition) is 4. The van der Waals surface area contributed by atoms with Crippen molar-refractivity contribution in [2.75, 3.05) is 7.11 Å². The highest BCUT2D eigenvalue weighted by atomic mass is 33.5. The fourth-order valence-corrected chi connectivity index (χ4v) is 8.15. The van der Waals surface area contributed by atoms with E-state index in [1.165, 1.54) is 22.4 Å². The van der Waals surface area contributed by atoms with Crippen molar-refractivity contribution in [1.82, 2.24) is 0 Å². The van der Waals surface area contributed by atoms with Crippen molar-refractivity contribution in [1.29, 1.82) is 0 Å². The first-order valence-corrected chi connectivity index (χ1v) is 9.22. The van der Waals surface area contributed by atoms with Crippen LogP contribution in [0.5, 0.6) is 0 Å². The molecule has 2 aliphatic heterocycles. The largest absolute Gasteiger partial charge is 0.465 e. The van der Waals surface area contributed by atoms with Crippen LogP contribution in [0.25, 0.3) is 4.91 Å². The minimum Gasteiger partial charge on any atom is -0.465 e. The van der Waals surface area contributed by atoms with Crippen molar-refractivity contribution in [2.45, 2.75) is 0 Å². The van der Waals surface area contributed by atoms with Gasteiger partial charge in [0, 0.05) is 9.77 Å². The lowest BCUT2D eigenvalue weighted by molar-refractivity contribution is -0.135. The average molecular weight is 294 g/mol. The zero-order valence-corrected chi connectivity index (χ0v) is 12.0. The topological polar surface area (TPSA) is 26.3 Å². The Morgan fingerprint density at radius 1 is 1.17 bits per heavy atom. The van der Waals surface area contributed by atoms with Crippen molar-refractivity contribution in [3.05, 3.63) is 53.0 Å². The molecule has 1 unspecified atom stereocenters. The molecule has 1 aromatic carbocycles. The highest BCUT2D eigenvalue weighted by molar-refractivity contribution is 9.18. The normalized spacial score (nSPS) is 21.4. The summed E-state index contributed by atoms with van der Waals surface area (Å²) in [6.45, 7) is 0. The number of rotatable bonds is 2. The monoisotopic (exact) mass is 294 g/mol. The molecule has 2 aliphatic rings. The number of ether oxygens (including phenoxy) is 1. The number of hydrogen-bond donors (Lipinski definition) is 0. The molecule has 18 heavy (non-hydrogen) atoms. The number of esters is 1. The number of benzene rings is 1. The minimum atomic E-state index is -0.232. The van der Waals surface area contributed by atoms with Crippen LogP contribution in [0.4, 0.5) is 0 Å². The van der Waals surface area contributed by atoms with E-state index in [2.05, 4.69) is 18.2 Å². The summed E-state index contributed by atoms with van der Waals surface area (Å²) in [5.74, 6) is -0.232. The van der Waals surface area contributed by atoms with Gasteiger partial charge < -0.3 is 4.74 Å². The molecular formula is C13H10O2S3. The zero-order chi connectivity index (χ0) is 12.5. The third-order valence-electron chi connectivity index (χ3n) is 2.51. The molecule has 0 aliphatic carbocycles. The average Bonchev–Trinajstić information content (AvgIpc) is 2.97. The van der Waals surface area contributed by atoms with Crippen molar-refractivity contribution in [3.8, 4) is 0 Å². The summed E-state index contributed by atoms with van der Waals surface area (Å²) in [7, 11) is 4.86. The molecule has 0 amide bonds. The molecule has 92 valence electrons. The van der Waals surface area contributed by atoms with Crippen LogP contribution in [-0.4, -0.2) is 17.9 Å². The van der Waals surface area contributed by atoms with E-state index < -0.39 is 0 Å². The van der Waals surface area contributed by atoms with Gasteiger partial charge in [0.05, 0.1) is 7.11 Å². The van der Waals surface area contributed by atoms with Crippen LogP contribution in [0, 0.1) is 0 Å². The Kier molecular flexibility index (Phi) is 3.37. The molecule has 0 N–H and O–H groups in total. The van der Waals surface area contributed by atoms with Gasteiger partial charge in [-0.2, -0.15) is 0 Å². The predicted octanol–water partition coefficient (Wildman–Crippen LogP) is 3.85. The SMILES string of the molecule is COC(=O)C1=CC2=S(S1)SC(c1ccccc1)=C2. The van der Waals surface area contributed by atoms with E-state index in [4.69, 9.17) is 4.74 Å². The highest BCUT2D eigenvalue weighted by Gasteiger charge is 2.26. The maximum absolute atomic E-state index is 11.4. The van der Waals surface area contributed by atoms with Crippen LogP contribution in [0.2, 0.25) is 0 Å². The number of carbonyl (C=O) groups is 1. The first-order chi connectivity index (χ1) is 8.78. The first kappa shape index (κ1) is 12.1. The Morgan fingerprint density at radius 3 is 2.61 bits per heavy atom. The van der Waals surface area contributed by atoms with E-state index in [1.807, 2.05) is 35.1 Å². The highest BCUT2D eigenvalue weighted by Crippen LogP contribution is 2.61. The molecule has 0 fully saturated rings. The second kappa shape index (κ2) is 4.99. The molecule has 0 radical (unpaired) electrons. The van der Waals surface area contributed by atoms with Gasteiger partial charge in [-0.15, -0.1) is 0 Å². The van der Waals surface area contributed by atoms with E-state index in [1.54, 1.807) is 10.8 Å². The molecule has 1 aromatic rings. The van der Waals surface area contributed by atoms with Gasteiger partial charge in [0.15, 0.2) is 0 Å². The quantitative estimate of drug-likeness (QED) is 0.470. The Morgan fingerprint density at radius 2 is 1.94 bits per heavy atom. The standard InChI is InChI=1S/C13H10O2S3/c1-15-13(14)12-8-10-7-11(16-18(10)17-12)9-5-3-2-4-6-9/h2-8H,1H3. The second-order valence-corrected chi connectivity index (χ2v) is 9.47. The summed E-state index contributed by atoms with van der Waals surface area (Å²) in [6, 6.07) is 10.3. The summed E-state index contributed by atoms with van der Waals surface area (Å²) in [6.07, 6.45) is 4.12. The molecule has 0 spiro atoms. The van der Waals surface area contributed by atoms with E-state index in [-0.39, 0.29) is 14.5 Å². The fraction of sp³-hybridized carbons (Fsp3) is 0.0769. The lowest BCUT2D eigenvalue weighted by atomic mass is 10.2. The molecule has 0 saturated carbocycles. The molecule has 0 bridgehead atoms. The molecule has 2 nitrogen and oxygen atoms in total. The van der Waals surface area contributed by atoms with Gasteiger partial charge in [-0.3, -0.25) is 0 Å². The summed E-state index contributed by atoms with van der Waals surface area (Å²) in [4.78, 5) is 14.7. The smallest absolute Gasteiger partial charge is 0.345 e. The van der Waals surface area contributed by atoms with Crippen LogP contribution < -0.4 is 0 Å². The van der Waals surface area contributed by atoms with Gasteiger partial charge in [-0.05, 0) is 28.5 Å². The Bertz CT molecular complexity index is 600. The van der Waals surface area contributed by atoms with Crippen LogP contribution in [-0.2, 0) is 9.53 Å². The number of methoxy groups -OCH3 is 1. The zero-order valence-electron chi connectivity index (χ0n) is 9.58. The summed E-state index contributed by atoms with van der Waals surface area (Å²) >= 11 is 0. The van der Waals surface area contributed by atoms with E-state index >= 15 is 0 Å². The van der Waals surface area contributed by atoms with Gasteiger partial charge in [-0.1, -0.05) is 49.7 Å². The maximum Gasteiger partial charge on any atom is 0.345 e. The molecule has 2 heterocycles. The van der Waals surface area contributed by atoms with Crippen molar-refractivity contribution in [2.24, 2.45) is 0 Å². The Labute approximate surface area is 115 Å². The van der Waals surface area contributed by atoms with Gasteiger partial charge in [0.1, 0.15) is 4.91 Å². The van der Waals surface area contributed by atoms with Crippen molar-refractivity contribution in [3.63, 3.8) is 0 Å². The molecule has 5 heteroatoms. The molecular weight excluding hydrogens is 284 g/mol. The fourth-order valence-electron chi connectivity index (χ4n) is 1.65. The Balaban J connectivity index is 1.83. The summed E-state index contributed by atoms with van der Waals surface area (Å²) < 4.78 is 4.74. The van der Waals surface area contributed by atoms with E-state index in [0.29, 0.717) is 4.91 Å². The van der Waals surface area contributed by atoms with Gasteiger partial charge in [-0.25, -0.2) is 4.79 Å². The van der Waals surface area contributed by atoms with Crippen LogP contribution in [0.3, 0.4) is 0 Å². The van der Waals surface area contributed by atoms with Gasteiger partial charge >= 0.3 is 5.97 Å². The number of allylic oxidation sites excluding steroid dienone is 2. The van der Waals surface area contributed by atoms with Crippen molar-refractivity contribution < 1.29 is 9.53 Å². The van der Waals surface area contributed by atoms with E-state index in [9.17, 15) is 4.79 Å². The maximum atomic E-state index is 11.4. The van der Waals surface area contributed by atoms with Gasteiger partial charge in [0.25, 0.3) is 0 Å². The number of carbonyl (C=O) groups excluding carboxylic acids is 1. The lowest BCUT2D eigenvalue weighted by Crippen LogP contribution is -2.00. The molecule has 1 atom stereocenters. The summed E-state index contributed by atoms with van der Waals surface area (Å²) in [5, 5.41) is 0. The van der Waals surface area contributed by atoms with Crippen molar-refractivity contribution >= 4 is 45.9 Å². The van der Waals surface area contributed by atoms with Gasteiger partial charge in [0.2, 0.25) is 0 Å². The third kappa shape index (κ3) is 2.18. The van der Waals surface area contributed by atoms with E-state index in [0.717, 1.165) is 0 Å². The molecule has 0 saturated heterocycles. The van der Waals surface area contributed by atoms with Crippen LogP contribution >= 0.6 is 30.1 Å². The lowest BCUT2D eigenvalue weighted by Gasteiger charge is -2.05. The molecule has 0 aromatic heterocycles. The Hall–Kier alpha value is -0.910. The summed E-state index contributed by atoms with van der Waals surface area (Å²) in [5.41, 5.74) is 1.24. The minimum absolute atomic E-state index is 0.0133. The van der Waals surface area contributed by atoms with Crippen LogP contribution in [0.15, 0.2) is 47.4 Å². The first-order valence-electron chi connectivity index (χ1n) is 5.33. The predicted molar refractivity (Wildman–Crippen MR) is 82.3 cm³/mol. The van der Waals surface area contributed by atoms with Crippen LogP contribution in [0.1, 0.15) is 5.56 Å².